The molecule has 1 heterocycles. The van der Waals surface area contributed by atoms with E-state index in [-0.39, 0.29) is 24.0 Å². The zero-order valence-electron chi connectivity index (χ0n) is 11.2. The Hall–Kier alpha value is -2.17. The molecule has 0 saturated heterocycles. The van der Waals surface area contributed by atoms with Gasteiger partial charge in [-0.3, -0.25) is 14.4 Å². The summed E-state index contributed by atoms with van der Waals surface area (Å²) in [6.45, 7) is 2.76. The van der Waals surface area contributed by atoms with E-state index in [2.05, 4.69) is 5.32 Å². The molecule has 1 aromatic carbocycles. The first-order valence-corrected chi connectivity index (χ1v) is 6.04. The second-order valence-corrected chi connectivity index (χ2v) is 4.85. The lowest BCUT2D eigenvalue weighted by molar-refractivity contribution is -0.133. The first-order valence-electron chi connectivity index (χ1n) is 6.04. The fourth-order valence-electron chi connectivity index (χ4n) is 2.65. The highest BCUT2D eigenvalue weighted by atomic mass is 16.2. The molecule has 2 amide bonds. The van der Waals surface area contributed by atoms with Crippen LogP contribution in [-0.4, -0.2) is 24.6 Å². The van der Waals surface area contributed by atoms with Gasteiger partial charge in [0.15, 0.2) is 5.54 Å². The van der Waals surface area contributed by atoms with Crippen molar-refractivity contribution in [1.29, 1.82) is 0 Å². The molecule has 1 aliphatic rings. The van der Waals surface area contributed by atoms with Gasteiger partial charge in [0.25, 0.3) is 5.91 Å². The summed E-state index contributed by atoms with van der Waals surface area (Å²) < 4.78 is 0. The Morgan fingerprint density at radius 2 is 1.89 bits per heavy atom. The second kappa shape index (κ2) is 4.50. The number of carbonyl (C=O) groups excluding carboxylic acids is 3. The number of likely N-dealkylation sites (N-methyl/N-ethyl adjacent to an activating group) is 1. The van der Waals surface area contributed by atoms with Crippen molar-refractivity contribution in [2.24, 2.45) is 0 Å². The van der Waals surface area contributed by atoms with E-state index in [4.69, 9.17) is 0 Å². The maximum atomic E-state index is 12.5. The fraction of sp³-hybridized carbons (Fsp3) is 0.357. The second-order valence-electron chi connectivity index (χ2n) is 4.85. The van der Waals surface area contributed by atoms with Crippen LogP contribution >= 0.6 is 0 Å². The number of hydrogen-bond acceptors (Lipinski definition) is 3. The van der Waals surface area contributed by atoms with E-state index in [1.54, 1.807) is 25.2 Å². The number of nitrogens with zero attached hydrogens (tertiary/aromatic N) is 1. The SMILES string of the molecule is CC(=O)C[C@@]1(NC(C)=O)C(=O)N(C)c2ccccc21. The van der Waals surface area contributed by atoms with Gasteiger partial charge in [-0.15, -0.1) is 0 Å². The van der Waals surface area contributed by atoms with Gasteiger partial charge < -0.3 is 10.2 Å². The number of amides is 2. The van der Waals surface area contributed by atoms with Crippen molar-refractivity contribution in [3.8, 4) is 0 Å². The van der Waals surface area contributed by atoms with E-state index in [1.807, 2.05) is 6.07 Å². The topological polar surface area (TPSA) is 66.5 Å². The average molecular weight is 260 g/mol. The highest BCUT2D eigenvalue weighted by Gasteiger charge is 2.50. The molecule has 0 aromatic heterocycles. The lowest BCUT2D eigenvalue weighted by atomic mass is 9.86. The van der Waals surface area contributed by atoms with Gasteiger partial charge >= 0.3 is 0 Å². The summed E-state index contributed by atoms with van der Waals surface area (Å²) in [5.41, 5.74) is 0.138. The van der Waals surface area contributed by atoms with Crippen LogP contribution in [0.1, 0.15) is 25.8 Å². The van der Waals surface area contributed by atoms with Gasteiger partial charge in [-0.1, -0.05) is 18.2 Å². The van der Waals surface area contributed by atoms with E-state index >= 15 is 0 Å². The van der Waals surface area contributed by atoms with Gasteiger partial charge in [0, 0.05) is 31.6 Å². The van der Waals surface area contributed by atoms with Crippen molar-refractivity contribution in [2.45, 2.75) is 25.8 Å². The number of carbonyl (C=O) groups is 3. The van der Waals surface area contributed by atoms with E-state index in [1.165, 1.54) is 18.7 Å². The zero-order chi connectivity index (χ0) is 14.2. The third kappa shape index (κ3) is 2.01. The van der Waals surface area contributed by atoms with Crippen molar-refractivity contribution < 1.29 is 14.4 Å². The molecule has 0 bridgehead atoms. The highest BCUT2D eigenvalue weighted by Crippen LogP contribution is 2.41. The number of ketones is 1. The lowest BCUT2D eigenvalue weighted by Crippen LogP contribution is -2.52. The third-order valence-corrected chi connectivity index (χ3v) is 3.30. The molecular formula is C14H16N2O3. The molecule has 0 saturated carbocycles. The van der Waals surface area contributed by atoms with Crippen LogP contribution < -0.4 is 10.2 Å². The van der Waals surface area contributed by atoms with Crippen LogP contribution in [0.4, 0.5) is 5.69 Å². The number of anilines is 1. The van der Waals surface area contributed by atoms with E-state index in [0.717, 1.165) is 5.69 Å². The van der Waals surface area contributed by atoms with Gasteiger partial charge in [0.1, 0.15) is 5.78 Å². The van der Waals surface area contributed by atoms with Gasteiger partial charge in [-0.05, 0) is 13.0 Å². The minimum absolute atomic E-state index is 0.0350. The Balaban J connectivity index is 2.62. The molecule has 0 aliphatic carbocycles. The van der Waals surface area contributed by atoms with Crippen LogP contribution in [0, 0.1) is 0 Å². The monoisotopic (exact) mass is 260 g/mol. The molecule has 1 aromatic rings. The molecule has 2 rings (SSSR count). The quantitative estimate of drug-likeness (QED) is 0.880. The summed E-state index contributed by atoms with van der Waals surface area (Å²) in [5, 5.41) is 2.67. The van der Waals surface area contributed by atoms with E-state index in [9.17, 15) is 14.4 Å². The van der Waals surface area contributed by atoms with Crippen LogP contribution in [0.3, 0.4) is 0 Å². The van der Waals surface area contributed by atoms with Crippen molar-refractivity contribution in [2.75, 3.05) is 11.9 Å². The Kier molecular flexibility index (Phi) is 3.14. The molecule has 0 unspecified atom stereocenters. The van der Waals surface area contributed by atoms with Crippen LogP contribution in [-0.2, 0) is 19.9 Å². The number of benzene rings is 1. The van der Waals surface area contributed by atoms with Crippen LogP contribution in [0.5, 0.6) is 0 Å². The molecule has 0 radical (unpaired) electrons. The Labute approximate surface area is 111 Å². The Morgan fingerprint density at radius 1 is 1.26 bits per heavy atom. The molecule has 5 nitrogen and oxygen atoms in total. The number of Topliss-reactive ketones (excluding diaryl/α,β-unsaturated/α-hetero) is 1. The largest absolute Gasteiger partial charge is 0.338 e. The number of rotatable bonds is 3. The predicted molar refractivity (Wildman–Crippen MR) is 70.6 cm³/mol. The minimum Gasteiger partial charge on any atom is -0.338 e. The standard InChI is InChI=1S/C14H16N2O3/c1-9(17)8-14(15-10(2)18)11-6-4-5-7-12(11)16(3)13(14)19/h4-7H,8H2,1-3H3,(H,15,18)/t14-/m0/s1. The van der Waals surface area contributed by atoms with Gasteiger partial charge in [-0.2, -0.15) is 0 Å². The molecule has 0 spiro atoms. The molecule has 1 N–H and O–H groups in total. The molecule has 1 aliphatic heterocycles. The molecule has 19 heavy (non-hydrogen) atoms. The summed E-state index contributed by atoms with van der Waals surface area (Å²) in [6, 6.07) is 7.19. The number of hydrogen-bond donors (Lipinski definition) is 1. The molecular weight excluding hydrogens is 244 g/mol. The Morgan fingerprint density at radius 3 is 2.47 bits per heavy atom. The maximum Gasteiger partial charge on any atom is 0.257 e. The first kappa shape index (κ1) is 13.3. The average Bonchev–Trinajstić information content (AvgIpc) is 2.52. The lowest BCUT2D eigenvalue weighted by Gasteiger charge is -2.28. The first-order chi connectivity index (χ1) is 8.88. The van der Waals surface area contributed by atoms with Crippen LogP contribution in [0.15, 0.2) is 24.3 Å². The summed E-state index contributed by atoms with van der Waals surface area (Å²) in [5.74, 6) is -0.758. The minimum atomic E-state index is -1.26. The normalized spacial score (nSPS) is 21.2. The molecule has 5 heteroatoms. The van der Waals surface area contributed by atoms with Crippen molar-refractivity contribution in [3.05, 3.63) is 29.8 Å². The smallest absolute Gasteiger partial charge is 0.257 e. The number of nitrogens with one attached hydrogen (secondary N) is 1. The van der Waals surface area contributed by atoms with Gasteiger partial charge in [0.05, 0.1) is 0 Å². The summed E-state index contributed by atoms with van der Waals surface area (Å²) in [6.07, 6.45) is -0.0350. The highest BCUT2D eigenvalue weighted by molar-refractivity contribution is 6.10. The third-order valence-electron chi connectivity index (χ3n) is 3.30. The van der Waals surface area contributed by atoms with Gasteiger partial charge in [-0.25, -0.2) is 0 Å². The molecule has 100 valence electrons. The predicted octanol–water partition coefficient (Wildman–Crippen LogP) is 0.973. The number of para-hydroxylation sites is 1. The van der Waals surface area contributed by atoms with Crippen molar-refractivity contribution >= 4 is 23.3 Å². The number of fused-ring (bicyclic) bond motifs is 1. The Bertz CT molecular complexity index is 550. The maximum absolute atomic E-state index is 12.5. The van der Waals surface area contributed by atoms with Gasteiger partial charge in [0.2, 0.25) is 5.91 Å². The van der Waals surface area contributed by atoms with Crippen LogP contribution in [0.2, 0.25) is 0 Å². The zero-order valence-corrected chi connectivity index (χ0v) is 11.2. The summed E-state index contributed by atoms with van der Waals surface area (Å²) in [4.78, 5) is 37.0. The van der Waals surface area contributed by atoms with Crippen molar-refractivity contribution in [1.82, 2.24) is 5.32 Å². The molecule has 1 atom stereocenters. The van der Waals surface area contributed by atoms with E-state index in [0.29, 0.717) is 5.56 Å². The van der Waals surface area contributed by atoms with Crippen molar-refractivity contribution in [3.63, 3.8) is 0 Å². The fourth-order valence-corrected chi connectivity index (χ4v) is 2.65. The molecule has 0 fully saturated rings. The van der Waals surface area contributed by atoms with E-state index < -0.39 is 5.54 Å². The summed E-state index contributed by atoms with van der Waals surface area (Å²) >= 11 is 0. The van der Waals surface area contributed by atoms with Crippen LogP contribution in [0.25, 0.3) is 0 Å². The summed E-state index contributed by atoms with van der Waals surface area (Å²) in [7, 11) is 1.64.